The molecule has 116 valence electrons. The summed E-state index contributed by atoms with van der Waals surface area (Å²) in [4.78, 5) is 0.214. The van der Waals surface area contributed by atoms with Crippen molar-refractivity contribution in [2.75, 3.05) is 18.1 Å². The number of aliphatic hydroxyl groups is 1. The van der Waals surface area contributed by atoms with E-state index in [9.17, 15) is 8.42 Å². The fourth-order valence-corrected chi connectivity index (χ4v) is 3.69. The zero-order valence-electron chi connectivity index (χ0n) is 12.3. The minimum absolute atomic E-state index is 0.000838. The SMILES string of the molecule is CCSCC(C)NS(=O)(=O)c1cccc(C#CCCO)c1. The molecule has 0 saturated heterocycles. The summed E-state index contributed by atoms with van der Waals surface area (Å²) in [6.45, 7) is 3.89. The molecule has 0 fully saturated rings. The summed E-state index contributed by atoms with van der Waals surface area (Å²) in [7, 11) is -3.52. The third-order valence-electron chi connectivity index (χ3n) is 2.54. The lowest BCUT2D eigenvalue weighted by molar-refractivity contribution is 0.305. The summed E-state index contributed by atoms with van der Waals surface area (Å²) in [6.07, 6.45) is 0.375. The van der Waals surface area contributed by atoms with Gasteiger partial charge < -0.3 is 5.11 Å². The number of nitrogens with one attached hydrogen (secondary N) is 1. The van der Waals surface area contributed by atoms with E-state index in [1.54, 1.807) is 36.0 Å². The fourth-order valence-electron chi connectivity index (χ4n) is 1.62. The number of thioether (sulfide) groups is 1. The first kappa shape index (κ1) is 18.1. The Morgan fingerprint density at radius 1 is 1.43 bits per heavy atom. The Hall–Kier alpha value is -1.00. The third kappa shape index (κ3) is 6.53. The van der Waals surface area contributed by atoms with E-state index in [0.29, 0.717) is 12.0 Å². The molecule has 0 aliphatic heterocycles. The molecule has 21 heavy (non-hydrogen) atoms. The van der Waals surface area contributed by atoms with E-state index in [1.807, 2.05) is 13.8 Å². The highest BCUT2D eigenvalue weighted by atomic mass is 32.2. The molecule has 1 aromatic carbocycles. The van der Waals surface area contributed by atoms with E-state index in [4.69, 9.17) is 5.11 Å². The third-order valence-corrected chi connectivity index (χ3v) is 5.27. The van der Waals surface area contributed by atoms with Crippen molar-refractivity contribution < 1.29 is 13.5 Å². The van der Waals surface area contributed by atoms with E-state index < -0.39 is 10.0 Å². The highest BCUT2D eigenvalue weighted by Crippen LogP contribution is 2.12. The topological polar surface area (TPSA) is 66.4 Å². The van der Waals surface area contributed by atoms with Crippen LogP contribution in [0.25, 0.3) is 0 Å². The summed E-state index contributed by atoms with van der Waals surface area (Å²) >= 11 is 1.70. The van der Waals surface area contributed by atoms with Gasteiger partial charge in [0, 0.05) is 23.8 Å². The predicted octanol–water partition coefficient (Wildman–Crippen LogP) is 1.84. The molecule has 0 saturated carbocycles. The second-order valence-corrected chi connectivity index (χ2v) is 7.52. The number of hydrogen-bond donors (Lipinski definition) is 2. The number of sulfonamides is 1. The quantitative estimate of drug-likeness (QED) is 0.750. The van der Waals surface area contributed by atoms with Gasteiger partial charge in [-0.1, -0.05) is 24.8 Å². The van der Waals surface area contributed by atoms with Crippen LogP contribution < -0.4 is 4.72 Å². The summed E-state index contributed by atoms with van der Waals surface area (Å²) in [5.41, 5.74) is 0.627. The minimum atomic E-state index is -3.52. The van der Waals surface area contributed by atoms with Crippen molar-refractivity contribution in [3.8, 4) is 11.8 Å². The van der Waals surface area contributed by atoms with Crippen molar-refractivity contribution in [1.29, 1.82) is 0 Å². The number of benzene rings is 1. The number of hydrogen-bond acceptors (Lipinski definition) is 4. The van der Waals surface area contributed by atoms with Crippen molar-refractivity contribution in [2.24, 2.45) is 0 Å². The molecule has 4 nitrogen and oxygen atoms in total. The van der Waals surface area contributed by atoms with Crippen molar-refractivity contribution >= 4 is 21.8 Å². The normalized spacial score (nSPS) is 12.5. The highest BCUT2D eigenvalue weighted by molar-refractivity contribution is 7.99. The Morgan fingerprint density at radius 3 is 2.86 bits per heavy atom. The molecular weight excluding hydrogens is 306 g/mol. The maximum atomic E-state index is 12.3. The molecule has 6 heteroatoms. The summed E-state index contributed by atoms with van der Waals surface area (Å²) in [5.74, 6) is 7.32. The van der Waals surface area contributed by atoms with Gasteiger partial charge in [0.05, 0.1) is 11.5 Å². The second-order valence-electron chi connectivity index (χ2n) is 4.49. The van der Waals surface area contributed by atoms with Crippen LogP contribution in [-0.4, -0.2) is 37.7 Å². The monoisotopic (exact) mass is 327 g/mol. The summed E-state index contributed by atoms with van der Waals surface area (Å²) in [6, 6.07) is 6.40. The van der Waals surface area contributed by atoms with Gasteiger partial charge in [-0.15, -0.1) is 0 Å². The lowest BCUT2D eigenvalue weighted by atomic mass is 10.2. The Balaban J connectivity index is 2.84. The molecule has 1 aromatic rings. The largest absolute Gasteiger partial charge is 0.395 e. The van der Waals surface area contributed by atoms with E-state index in [0.717, 1.165) is 11.5 Å². The minimum Gasteiger partial charge on any atom is -0.395 e. The van der Waals surface area contributed by atoms with Gasteiger partial charge in [0.1, 0.15) is 0 Å². The highest BCUT2D eigenvalue weighted by Gasteiger charge is 2.17. The second kappa shape index (κ2) is 9.11. The van der Waals surface area contributed by atoms with Gasteiger partial charge in [0.15, 0.2) is 0 Å². The Labute approximate surface area is 131 Å². The van der Waals surface area contributed by atoms with Crippen LogP contribution in [0.2, 0.25) is 0 Å². The summed E-state index contributed by atoms with van der Waals surface area (Å²) in [5, 5.41) is 8.69. The lowest BCUT2D eigenvalue weighted by Gasteiger charge is -2.13. The van der Waals surface area contributed by atoms with Crippen LogP contribution in [-0.2, 0) is 10.0 Å². The molecule has 0 spiro atoms. The van der Waals surface area contributed by atoms with Gasteiger partial charge in [-0.25, -0.2) is 13.1 Å². The first-order chi connectivity index (χ1) is 9.99. The van der Waals surface area contributed by atoms with Crippen LogP contribution in [0, 0.1) is 11.8 Å². The van der Waals surface area contributed by atoms with Gasteiger partial charge >= 0.3 is 0 Å². The van der Waals surface area contributed by atoms with E-state index in [-0.39, 0.29) is 17.5 Å². The van der Waals surface area contributed by atoms with Crippen LogP contribution in [0.4, 0.5) is 0 Å². The maximum absolute atomic E-state index is 12.3. The fraction of sp³-hybridized carbons (Fsp3) is 0.467. The molecule has 0 heterocycles. The van der Waals surface area contributed by atoms with Gasteiger partial charge in [-0.3, -0.25) is 0 Å². The first-order valence-corrected chi connectivity index (χ1v) is 9.43. The van der Waals surface area contributed by atoms with Gasteiger partial charge in [-0.05, 0) is 30.9 Å². The molecule has 2 N–H and O–H groups in total. The molecule has 0 aliphatic rings. The van der Waals surface area contributed by atoms with Crippen molar-refractivity contribution in [3.05, 3.63) is 29.8 Å². The van der Waals surface area contributed by atoms with Crippen LogP contribution in [0.1, 0.15) is 25.8 Å². The zero-order chi connectivity index (χ0) is 15.7. The van der Waals surface area contributed by atoms with E-state index in [1.165, 1.54) is 0 Å². The number of rotatable bonds is 7. The predicted molar refractivity (Wildman–Crippen MR) is 87.8 cm³/mol. The molecule has 0 bridgehead atoms. The van der Waals surface area contributed by atoms with Crippen LogP contribution >= 0.6 is 11.8 Å². The smallest absolute Gasteiger partial charge is 0.240 e. The summed E-state index contributed by atoms with van der Waals surface area (Å²) < 4.78 is 27.2. The van der Waals surface area contributed by atoms with E-state index >= 15 is 0 Å². The van der Waals surface area contributed by atoms with E-state index in [2.05, 4.69) is 16.6 Å². The molecule has 0 amide bonds. The molecule has 0 aliphatic carbocycles. The van der Waals surface area contributed by atoms with Crippen molar-refractivity contribution in [2.45, 2.75) is 31.2 Å². The van der Waals surface area contributed by atoms with Crippen molar-refractivity contribution in [3.63, 3.8) is 0 Å². The van der Waals surface area contributed by atoms with Gasteiger partial charge in [0.2, 0.25) is 10.0 Å². The first-order valence-electron chi connectivity index (χ1n) is 6.79. The lowest BCUT2D eigenvalue weighted by Crippen LogP contribution is -2.34. The zero-order valence-corrected chi connectivity index (χ0v) is 13.9. The average molecular weight is 327 g/mol. The van der Waals surface area contributed by atoms with Gasteiger partial charge in [0.25, 0.3) is 0 Å². The van der Waals surface area contributed by atoms with Gasteiger partial charge in [-0.2, -0.15) is 11.8 Å². The molecular formula is C15H21NO3S2. The molecule has 1 unspecified atom stereocenters. The van der Waals surface area contributed by atoms with Crippen LogP contribution in [0.3, 0.4) is 0 Å². The Kier molecular flexibility index (Phi) is 7.83. The molecule has 1 atom stereocenters. The Bertz CT molecular complexity index is 603. The Morgan fingerprint density at radius 2 is 2.19 bits per heavy atom. The van der Waals surface area contributed by atoms with Crippen LogP contribution in [0.5, 0.6) is 0 Å². The maximum Gasteiger partial charge on any atom is 0.240 e. The average Bonchev–Trinajstić information content (AvgIpc) is 2.45. The molecule has 0 radical (unpaired) electrons. The molecule has 0 aromatic heterocycles. The molecule has 1 rings (SSSR count). The van der Waals surface area contributed by atoms with Crippen LogP contribution in [0.15, 0.2) is 29.2 Å². The number of aliphatic hydroxyl groups excluding tert-OH is 1. The standard InChI is InChI=1S/C15H21NO3S2/c1-3-20-12-13(2)16-21(18,19)15-9-6-8-14(11-15)7-4-5-10-17/h6,8-9,11,13,16-17H,3,5,10,12H2,1-2H3. The van der Waals surface area contributed by atoms with Crippen molar-refractivity contribution in [1.82, 2.24) is 4.72 Å².